The number of carbonyl (C=O) groups is 1. The molecule has 3 rings (SSSR count). The van der Waals surface area contributed by atoms with Gasteiger partial charge in [0.15, 0.2) is 0 Å². The van der Waals surface area contributed by atoms with Gasteiger partial charge in [-0.25, -0.2) is 4.68 Å². The van der Waals surface area contributed by atoms with Crippen molar-refractivity contribution in [2.75, 3.05) is 0 Å². The van der Waals surface area contributed by atoms with Crippen LogP contribution in [0.15, 0.2) is 67.0 Å². The van der Waals surface area contributed by atoms with Crippen molar-refractivity contribution < 1.29 is 9.90 Å². The molecule has 5 heteroatoms. The van der Waals surface area contributed by atoms with Crippen molar-refractivity contribution in [3.63, 3.8) is 0 Å². The molecule has 1 heterocycles. The molecular weight excluding hydrogens is 302 g/mol. The van der Waals surface area contributed by atoms with Crippen LogP contribution in [0.2, 0.25) is 0 Å². The van der Waals surface area contributed by atoms with E-state index in [-0.39, 0.29) is 11.7 Å². The van der Waals surface area contributed by atoms with Crippen molar-refractivity contribution in [3.8, 4) is 11.4 Å². The van der Waals surface area contributed by atoms with Crippen molar-refractivity contribution in [1.29, 1.82) is 0 Å². The molecule has 0 aliphatic rings. The second-order valence-electron chi connectivity index (χ2n) is 5.48. The molecule has 2 aromatic carbocycles. The van der Waals surface area contributed by atoms with Crippen LogP contribution in [0, 0.1) is 0 Å². The van der Waals surface area contributed by atoms with Crippen LogP contribution in [0.25, 0.3) is 5.69 Å². The van der Waals surface area contributed by atoms with Gasteiger partial charge in [0.05, 0.1) is 5.69 Å². The van der Waals surface area contributed by atoms with E-state index in [0.29, 0.717) is 19.4 Å². The highest BCUT2D eigenvalue weighted by atomic mass is 16.3. The molecule has 0 aliphatic heterocycles. The predicted octanol–water partition coefficient (Wildman–Crippen LogP) is 2.83. The van der Waals surface area contributed by atoms with Crippen LogP contribution in [0.5, 0.6) is 5.75 Å². The van der Waals surface area contributed by atoms with Gasteiger partial charge in [-0.1, -0.05) is 36.4 Å². The zero-order valence-electron chi connectivity index (χ0n) is 13.2. The highest BCUT2D eigenvalue weighted by Gasteiger charge is 2.08. The standard InChI is InChI=1S/C19H19N3O2/c23-18-9-4-2-6-15(18)10-11-19(24)20-14-16-7-1-3-8-17(16)22-13-5-12-21-22/h1-9,12-13,23H,10-11,14H2,(H,20,24). The van der Waals surface area contributed by atoms with E-state index in [1.54, 1.807) is 23.0 Å². The van der Waals surface area contributed by atoms with Gasteiger partial charge < -0.3 is 10.4 Å². The van der Waals surface area contributed by atoms with Crippen LogP contribution in [0.4, 0.5) is 0 Å². The zero-order chi connectivity index (χ0) is 16.8. The van der Waals surface area contributed by atoms with Crippen LogP contribution in [-0.2, 0) is 17.8 Å². The molecule has 0 saturated heterocycles. The smallest absolute Gasteiger partial charge is 0.220 e. The Hall–Kier alpha value is -3.08. The van der Waals surface area contributed by atoms with Crippen LogP contribution >= 0.6 is 0 Å². The number of nitrogens with one attached hydrogen (secondary N) is 1. The van der Waals surface area contributed by atoms with E-state index in [2.05, 4.69) is 10.4 Å². The predicted molar refractivity (Wildman–Crippen MR) is 91.8 cm³/mol. The number of aryl methyl sites for hydroxylation is 1. The third-order valence-electron chi connectivity index (χ3n) is 3.83. The maximum atomic E-state index is 12.1. The minimum absolute atomic E-state index is 0.0477. The van der Waals surface area contributed by atoms with E-state index in [1.807, 2.05) is 48.7 Å². The summed E-state index contributed by atoms with van der Waals surface area (Å²) in [5.41, 5.74) is 2.73. The molecule has 0 aliphatic carbocycles. The molecule has 2 N–H and O–H groups in total. The maximum absolute atomic E-state index is 12.1. The molecule has 0 radical (unpaired) electrons. The van der Waals surface area contributed by atoms with Gasteiger partial charge >= 0.3 is 0 Å². The lowest BCUT2D eigenvalue weighted by atomic mass is 10.1. The van der Waals surface area contributed by atoms with Crippen LogP contribution in [-0.4, -0.2) is 20.8 Å². The summed E-state index contributed by atoms with van der Waals surface area (Å²) < 4.78 is 1.78. The number of benzene rings is 2. The number of amides is 1. The summed E-state index contributed by atoms with van der Waals surface area (Å²) in [6.07, 6.45) is 4.45. The van der Waals surface area contributed by atoms with Gasteiger partial charge in [0.1, 0.15) is 5.75 Å². The first-order valence-corrected chi connectivity index (χ1v) is 7.85. The molecule has 3 aromatic rings. The number of nitrogens with zero attached hydrogens (tertiary/aromatic N) is 2. The molecule has 5 nitrogen and oxygen atoms in total. The molecule has 0 atom stereocenters. The number of phenols is 1. The number of aromatic nitrogens is 2. The first-order valence-electron chi connectivity index (χ1n) is 7.85. The first-order chi connectivity index (χ1) is 11.7. The van der Waals surface area contributed by atoms with E-state index < -0.39 is 0 Å². The highest BCUT2D eigenvalue weighted by Crippen LogP contribution is 2.17. The Morgan fingerprint density at radius 1 is 1.04 bits per heavy atom. The molecule has 0 saturated carbocycles. The third kappa shape index (κ3) is 3.81. The molecule has 1 amide bonds. The monoisotopic (exact) mass is 321 g/mol. The van der Waals surface area contributed by atoms with Gasteiger partial charge in [-0.05, 0) is 35.7 Å². The van der Waals surface area contributed by atoms with E-state index in [9.17, 15) is 9.90 Å². The Morgan fingerprint density at radius 3 is 2.54 bits per heavy atom. The van der Waals surface area contributed by atoms with Crippen LogP contribution in [0.1, 0.15) is 17.5 Å². The van der Waals surface area contributed by atoms with Gasteiger partial charge in [0.25, 0.3) is 0 Å². The van der Waals surface area contributed by atoms with Crippen molar-refractivity contribution in [3.05, 3.63) is 78.1 Å². The highest BCUT2D eigenvalue weighted by molar-refractivity contribution is 5.76. The Bertz CT molecular complexity index is 813. The fourth-order valence-corrected chi connectivity index (χ4v) is 2.55. The van der Waals surface area contributed by atoms with Gasteiger partial charge in [-0.15, -0.1) is 0 Å². The summed E-state index contributed by atoms with van der Waals surface area (Å²) in [6.45, 7) is 0.440. The van der Waals surface area contributed by atoms with E-state index in [1.165, 1.54) is 0 Å². The van der Waals surface area contributed by atoms with Crippen LogP contribution < -0.4 is 5.32 Å². The lowest BCUT2D eigenvalue weighted by Crippen LogP contribution is -2.23. The maximum Gasteiger partial charge on any atom is 0.220 e. The number of carbonyl (C=O) groups excluding carboxylic acids is 1. The number of phenolic OH excluding ortho intramolecular Hbond substituents is 1. The van der Waals surface area contributed by atoms with Crippen molar-refractivity contribution in [1.82, 2.24) is 15.1 Å². The number of hydrogen-bond donors (Lipinski definition) is 2. The lowest BCUT2D eigenvalue weighted by molar-refractivity contribution is -0.121. The minimum Gasteiger partial charge on any atom is -0.508 e. The summed E-state index contributed by atoms with van der Waals surface area (Å²) in [6, 6.07) is 16.8. The molecule has 0 fully saturated rings. The second-order valence-corrected chi connectivity index (χ2v) is 5.48. The Morgan fingerprint density at radius 2 is 1.79 bits per heavy atom. The Kier molecular flexibility index (Phi) is 4.91. The third-order valence-corrected chi connectivity index (χ3v) is 3.83. The average molecular weight is 321 g/mol. The topological polar surface area (TPSA) is 67.2 Å². The van der Waals surface area contributed by atoms with Crippen molar-refractivity contribution in [2.45, 2.75) is 19.4 Å². The average Bonchev–Trinajstić information content (AvgIpc) is 3.14. The number of para-hydroxylation sites is 2. The normalized spacial score (nSPS) is 10.5. The zero-order valence-corrected chi connectivity index (χ0v) is 13.2. The number of aromatic hydroxyl groups is 1. The summed E-state index contributed by atoms with van der Waals surface area (Å²) in [5, 5.41) is 16.9. The number of hydrogen-bond acceptors (Lipinski definition) is 3. The van der Waals surface area contributed by atoms with Gasteiger partial charge in [-0.2, -0.15) is 5.10 Å². The van der Waals surface area contributed by atoms with E-state index in [4.69, 9.17) is 0 Å². The molecule has 0 unspecified atom stereocenters. The van der Waals surface area contributed by atoms with Crippen molar-refractivity contribution in [2.24, 2.45) is 0 Å². The molecular formula is C19H19N3O2. The molecule has 24 heavy (non-hydrogen) atoms. The summed E-state index contributed by atoms with van der Waals surface area (Å²) in [7, 11) is 0. The fourth-order valence-electron chi connectivity index (χ4n) is 2.55. The first kappa shape index (κ1) is 15.8. The molecule has 122 valence electrons. The second kappa shape index (κ2) is 7.46. The fraction of sp³-hybridized carbons (Fsp3) is 0.158. The summed E-state index contributed by atoms with van der Waals surface area (Å²) in [4.78, 5) is 12.1. The SMILES string of the molecule is O=C(CCc1ccccc1O)NCc1ccccc1-n1cccn1. The quantitative estimate of drug-likeness (QED) is 0.733. The van der Waals surface area contributed by atoms with Gasteiger partial charge in [-0.3, -0.25) is 4.79 Å². The molecule has 0 bridgehead atoms. The molecule has 0 spiro atoms. The Labute approximate surface area is 140 Å². The van der Waals surface area contributed by atoms with Crippen LogP contribution in [0.3, 0.4) is 0 Å². The van der Waals surface area contributed by atoms with Gasteiger partial charge in [0, 0.05) is 25.4 Å². The van der Waals surface area contributed by atoms with E-state index >= 15 is 0 Å². The van der Waals surface area contributed by atoms with E-state index in [0.717, 1.165) is 16.8 Å². The summed E-state index contributed by atoms with van der Waals surface area (Å²) >= 11 is 0. The minimum atomic E-state index is -0.0477. The largest absolute Gasteiger partial charge is 0.508 e. The lowest BCUT2D eigenvalue weighted by Gasteiger charge is -2.11. The summed E-state index contributed by atoms with van der Waals surface area (Å²) in [5.74, 6) is 0.183. The number of rotatable bonds is 6. The van der Waals surface area contributed by atoms with Crippen molar-refractivity contribution >= 4 is 5.91 Å². The Balaban J connectivity index is 1.58. The molecule has 1 aromatic heterocycles. The van der Waals surface area contributed by atoms with Gasteiger partial charge in [0.2, 0.25) is 5.91 Å².